The minimum absolute atomic E-state index is 0.0662. The standard InChI is InChI=1S/C14H20FNOS/c1-4-18-9-8-11(3)16-14(17)12-7-5-6-10(2)13(12)15/h5-7,11H,4,8-9H2,1-3H3,(H,16,17). The van der Waals surface area contributed by atoms with Crippen molar-refractivity contribution in [3.8, 4) is 0 Å². The van der Waals surface area contributed by atoms with Gasteiger partial charge in [0.15, 0.2) is 0 Å². The first-order valence-corrected chi connectivity index (χ1v) is 7.35. The predicted octanol–water partition coefficient (Wildman–Crippen LogP) is 3.40. The van der Waals surface area contributed by atoms with Crippen LogP contribution in [0.25, 0.3) is 0 Å². The van der Waals surface area contributed by atoms with E-state index in [1.54, 1.807) is 19.1 Å². The van der Waals surface area contributed by atoms with Gasteiger partial charge in [0.25, 0.3) is 5.91 Å². The smallest absolute Gasteiger partial charge is 0.254 e. The van der Waals surface area contributed by atoms with Gasteiger partial charge >= 0.3 is 0 Å². The largest absolute Gasteiger partial charge is 0.349 e. The normalized spacial score (nSPS) is 12.2. The van der Waals surface area contributed by atoms with Crippen LogP contribution in [-0.2, 0) is 0 Å². The summed E-state index contributed by atoms with van der Waals surface area (Å²) < 4.78 is 13.7. The molecule has 0 aliphatic rings. The Balaban J connectivity index is 2.57. The van der Waals surface area contributed by atoms with E-state index in [0.717, 1.165) is 17.9 Å². The SMILES string of the molecule is CCSCCC(C)NC(=O)c1cccc(C)c1F. The Kier molecular flexibility index (Phi) is 6.19. The number of amides is 1. The maximum Gasteiger partial charge on any atom is 0.254 e. The summed E-state index contributed by atoms with van der Waals surface area (Å²) in [7, 11) is 0. The number of halogens is 1. The number of rotatable bonds is 6. The molecular weight excluding hydrogens is 249 g/mol. The first kappa shape index (κ1) is 15.0. The summed E-state index contributed by atoms with van der Waals surface area (Å²) in [5.41, 5.74) is 0.627. The van der Waals surface area contributed by atoms with Crippen molar-refractivity contribution < 1.29 is 9.18 Å². The molecule has 1 N–H and O–H groups in total. The molecule has 1 atom stereocenters. The number of hydrogen-bond acceptors (Lipinski definition) is 2. The van der Waals surface area contributed by atoms with Crippen LogP contribution in [0.2, 0.25) is 0 Å². The van der Waals surface area contributed by atoms with Crippen LogP contribution in [0.1, 0.15) is 36.2 Å². The van der Waals surface area contributed by atoms with E-state index in [1.807, 2.05) is 18.7 Å². The Morgan fingerprint density at radius 1 is 1.50 bits per heavy atom. The highest BCUT2D eigenvalue weighted by Crippen LogP contribution is 2.12. The molecule has 1 aromatic carbocycles. The van der Waals surface area contributed by atoms with Crippen LogP contribution in [0, 0.1) is 12.7 Å². The Labute approximate surface area is 112 Å². The lowest BCUT2D eigenvalue weighted by Crippen LogP contribution is -2.33. The Morgan fingerprint density at radius 3 is 2.89 bits per heavy atom. The lowest BCUT2D eigenvalue weighted by molar-refractivity contribution is 0.0935. The zero-order valence-electron chi connectivity index (χ0n) is 11.1. The molecule has 0 spiro atoms. The van der Waals surface area contributed by atoms with E-state index in [2.05, 4.69) is 12.2 Å². The molecule has 0 bridgehead atoms. The number of carbonyl (C=O) groups is 1. The van der Waals surface area contributed by atoms with Crippen LogP contribution < -0.4 is 5.32 Å². The molecule has 4 heteroatoms. The van der Waals surface area contributed by atoms with Crippen molar-refractivity contribution in [2.75, 3.05) is 11.5 Å². The highest BCUT2D eigenvalue weighted by atomic mass is 32.2. The number of carbonyl (C=O) groups excluding carboxylic acids is 1. The fourth-order valence-corrected chi connectivity index (χ4v) is 2.41. The van der Waals surface area contributed by atoms with Crippen LogP contribution in [0.3, 0.4) is 0 Å². The highest BCUT2D eigenvalue weighted by Gasteiger charge is 2.14. The molecule has 1 rings (SSSR count). The van der Waals surface area contributed by atoms with E-state index in [4.69, 9.17) is 0 Å². The lowest BCUT2D eigenvalue weighted by atomic mass is 10.1. The minimum Gasteiger partial charge on any atom is -0.349 e. The van der Waals surface area contributed by atoms with E-state index >= 15 is 0 Å². The van der Waals surface area contributed by atoms with Gasteiger partial charge in [-0.2, -0.15) is 11.8 Å². The van der Waals surface area contributed by atoms with Gasteiger partial charge in [-0.25, -0.2) is 4.39 Å². The van der Waals surface area contributed by atoms with Crippen molar-refractivity contribution in [1.82, 2.24) is 5.32 Å². The van der Waals surface area contributed by atoms with Gasteiger partial charge in [0.2, 0.25) is 0 Å². The average molecular weight is 269 g/mol. The molecule has 0 aliphatic heterocycles. The first-order chi connectivity index (χ1) is 8.56. The zero-order chi connectivity index (χ0) is 13.5. The summed E-state index contributed by atoms with van der Waals surface area (Å²) in [5, 5.41) is 2.83. The summed E-state index contributed by atoms with van der Waals surface area (Å²) in [5.74, 6) is 1.33. The molecule has 0 saturated heterocycles. The summed E-state index contributed by atoms with van der Waals surface area (Å²) in [6.07, 6.45) is 0.900. The van der Waals surface area contributed by atoms with Crippen LogP contribution in [-0.4, -0.2) is 23.5 Å². The van der Waals surface area contributed by atoms with Gasteiger partial charge in [-0.05, 0) is 43.4 Å². The van der Waals surface area contributed by atoms with Crippen LogP contribution >= 0.6 is 11.8 Å². The van der Waals surface area contributed by atoms with Gasteiger partial charge in [-0.3, -0.25) is 4.79 Å². The van der Waals surface area contributed by atoms with E-state index in [9.17, 15) is 9.18 Å². The van der Waals surface area contributed by atoms with Crippen LogP contribution in [0.4, 0.5) is 4.39 Å². The summed E-state index contributed by atoms with van der Waals surface area (Å²) in [4.78, 5) is 11.9. The predicted molar refractivity (Wildman–Crippen MR) is 75.7 cm³/mol. The second-order valence-electron chi connectivity index (χ2n) is 4.30. The minimum atomic E-state index is -0.426. The van der Waals surface area contributed by atoms with Crippen molar-refractivity contribution in [3.05, 3.63) is 35.1 Å². The molecule has 0 aromatic heterocycles. The van der Waals surface area contributed by atoms with Crippen LogP contribution in [0.5, 0.6) is 0 Å². The van der Waals surface area contributed by atoms with Gasteiger partial charge in [0, 0.05) is 6.04 Å². The summed E-state index contributed by atoms with van der Waals surface area (Å²) in [6.45, 7) is 5.71. The summed E-state index contributed by atoms with van der Waals surface area (Å²) >= 11 is 1.84. The molecule has 0 saturated carbocycles. The quantitative estimate of drug-likeness (QED) is 0.802. The van der Waals surface area contributed by atoms with Gasteiger partial charge in [-0.15, -0.1) is 0 Å². The van der Waals surface area contributed by atoms with Gasteiger partial charge in [0.1, 0.15) is 5.82 Å². The molecule has 0 radical (unpaired) electrons. The third-order valence-corrected chi connectivity index (χ3v) is 3.65. The highest BCUT2D eigenvalue weighted by molar-refractivity contribution is 7.99. The van der Waals surface area contributed by atoms with Crippen molar-refractivity contribution in [3.63, 3.8) is 0 Å². The fraction of sp³-hybridized carbons (Fsp3) is 0.500. The molecule has 0 aliphatic carbocycles. The lowest BCUT2D eigenvalue weighted by Gasteiger charge is -2.14. The second kappa shape index (κ2) is 7.41. The van der Waals surface area contributed by atoms with E-state index in [0.29, 0.717) is 5.56 Å². The number of hydrogen-bond donors (Lipinski definition) is 1. The molecular formula is C14H20FNOS. The molecule has 1 unspecified atom stereocenters. The maximum absolute atomic E-state index is 13.7. The molecule has 100 valence electrons. The van der Waals surface area contributed by atoms with E-state index in [-0.39, 0.29) is 17.5 Å². The molecule has 1 amide bonds. The molecule has 2 nitrogen and oxygen atoms in total. The maximum atomic E-state index is 13.7. The number of benzene rings is 1. The first-order valence-electron chi connectivity index (χ1n) is 6.20. The second-order valence-corrected chi connectivity index (χ2v) is 5.69. The Hall–Kier alpha value is -1.03. The Morgan fingerprint density at radius 2 is 2.22 bits per heavy atom. The Bertz CT molecular complexity index is 409. The number of aryl methyl sites for hydroxylation is 1. The fourth-order valence-electron chi connectivity index (χ4n) is 1.60. The third kappa shape index (κ3) is 4.33. The zero-order valence-corrected chi connectivity index (χ0v) is 11.9. The van der Waals surface area contributed by atoms with E-state index < -0.39 is 5.82 Å². The van der Waals surface area contributed by atoms with Crippen molar-refractivity contribution >= 4 is 17.7 Å². The average Bonchev–Trinajstić information content (AvgIpc) is 2.32. The number of nitrogens with one attached hydrogen (secondary N) is 1. The van der Waals surface area contributed by atoms with Crippen LogP contribution in [0.15, 0.2) is 18.2 Å². The van der Waals surface area contributed by atoms with Gasteiger partial charge < -0.3 is 5.32 Å². The number of thioether (sulfide) groups is 1. The van der Waals surface area contributed by atoms with E-state index in [1.165, 1.54) is 6.07 Å². The molecule has 0 fully saturated rings. The van der Waals surface area contributed by atoms with Crippen molar-refractivity contribution in [2.45, 2.75) is 33.2 Å². The van der Waals surface area contributed by atoms with Gasteiger partial charge in [0.05, 0.1) is 5.56 Å². The monoisotopic (exact) mass is 269 g/mol. The third-order valence-electron chi connectivity index (χ3n) is 2.71. The molecule has 18 heavy (non-hydrogen) atoms. The van der Waals surface area contributed by atoms with Gasteiger partial charge in [-0.1, -0.05) is 19.1 Å². The van der Waals surface area contributed by atoms with Crippen molar-refractivity contribution in [2.24, 2.45) is 0 Å². The van der Waals surface area contributed by atoms with Crippen molar-refractivity contribution in [1.29, 1.82) is 0 Å². The summed E-state index contributed by atoms with van der Waals surface area (Å²) in [6, 6.07) is 4.94. The topological polar surface area (TPSA) is 29.1 Å². The molecule has 1 aromatic rings. The molecule has 0 heterocycles.